The Balaban J connectivity index is 0.000000437. The van der Waals surface area contributed by atoms with E-state index in [1.165, 1.54) is 6.42 Å². The van der Waals surface area contributed by atoms with Crippen LogP contribution in [0.2, 0.25) is 0 Å². The van der Waals surface area contributed by atoms with Crippen LogP contribution in [0, 0.1) is 0 Å². The third kappa shape index (κ3) is 3.56. The van der Waals surface area contributed by atoms with Crippen LogP contribution in [0.25, 0.3) is 0 Å². The minimum atomic E-state index is -0.173. The molecule has 0 radical (unpaired) electrons. The van der Waals surface area contributed by atoms with E-state index < -0.39 is 0 Å². The first-order valence-corrected chi connectivity index (χ1v) is 6.67. The summed E-state index contributed by atoms with van der Waals surface area (Å²) in [7, 11) is 0. The lowest BCUT2D eigenvalue weighted by Gasteiger charge is -2.23. The zero-order valence-corrected chi connectivity index (χ0v) is 11.2. The predicted molar refractivity (Wildman–Crippen MR) is 67.8 cm³/mol. The Labute approximate surface area is 104 Å². The fourth-order valence-corrected chi connectivity index (χ4v) is 2.14. The van der Waals surface area contributed by atoms with Crippen LogP contribution in [0.15, 0.2) is 12.2 Å². The van der Waals surface area contributed by atoms with E-state index in [4.69, 9.17) is 9.47 Å². The third-order valence-corrected chi connectivity index (χ3v) is 2.90. The maximum Gasteiger partial charge on any atom is 0.306 e. The van der Waals surface area contributed by atoms with Gasteiger partial charge in [0.2, 0.25) is 0 Å². The number of hydrogen-bond donors (Lipinski definition) is 0. The van der Waals surface area contributed by atoms with Gasteiger partial charge in [0.1, 0.15) is 0 Å². The van der Waals surface area contributed by atoms with Crippen molar-refractivity contribution in [1.82, 2.24) is 0 Å². The molecule has 2 aliphatic heterocycles. The summed E-state index contributed by atoms with van der Waals surface area (Å²) >= 11 is 0. The Morgan fingerprint density at radius 3 is 2.59 bits per heavy atom. The number of ether oxygens (including phenoxy) is 2. The predicted octanol–water partition coefficient (Wildman–Crippen LogP) is 3.23. The molecule has 0 amide bonds. The van der Waals surface area contributed by atoms with Gasteiger partial charge in [-0.15, -0.1) is 0 Å². The molecule has 0 N–H and O–H groups in total. The standard InChI is InChI=1S/C11H16O3.C3H8/c1-3-4-8-7(2)11-9(13-8)5-6-10(12)14-11;1-3-2/h8-9,11H,2-6H2,1H3;3H2,1-2H3/t8?,9?,11-;/m0./s1. The second-order valence-corrected chi connectivity index (χ2v) is 4.68. The highest BCUT2D eigenvalue weighted by molar-refractivity contribution is 5.71. The zero-order chi connectivity index (χ0) is 12.8. The molecule has 0 saturated carbocycles. The average molecular weight is 240 g/mol. The third-order valence-electron chi connectivity index (χ3n) is 2.90. The Morgan fingerprint density at radius 2 is 2.00 bits per heavy atom. The van der Waals surface area contributed by atoms with Crippen molar-refractivity contribution in [2.24, 2.45) is 0 Å². The molecule has 0 spiro atoms. The summed E-state index contributed by atoms with van der Waals surface area (Å²) in [6, 6.07) is 0. The van der Waals surface area contributed by atoms with E-state index in [0.717, 1.165) is 24.8 Å². The van der Waals surface area contributed by atoms with Crippen LogP contribution >= 0.6 is 0 Å². The van der Waals surface area contributed by atoms with Crippen LogP contribution in [0.4, 0.5) is 0 Å². The van der Waals surface area contributed by atoms with Gasteiger partial charge in [-0.05, 0) is 18.4 Å². The second kappa shape index (κ2) is 6.80. The topological polar surface area (TPSA) is 35.5 Å². The molecule has 0 aromatic carbocycles. The first-order valence-electron chi connectivity index (χ1n) is 6.67. The maximum atomic E-state index is 11.1. The van der Waals surface area contributed by atoms with Gasteiger partial charge in [0.15, 0.2) is 6.10 Å². The summed E-state index contributed by atoms with van der Waals surface area (Å²) in [5.74, 6) is -0.117. The lowest BCUT2D eigenvalue weighted by atomic mass is 9.98. The monoisotopic (exact) mass is 240 g/mol. The summed E-state index contributed by atoms with van der Waals surface area (Å²) in [4.78, 5) is 11.1. The van der Waals surface area contributed by atoms with E-state index in [9.17, 15) is 4.79 Å². The van der Waals surface area contributed by atoms with Gasteiger partial charge in [-0.3, -0.25) is 4.79 Å². The average Bonchev–Trinajstić information content (AvgIpc) is 2.59. The van der Waals surface area contributed by atoms with Gasteiger partial charge in [0.25, 0.3) is 0 Å². The highest BCUT2D eigenvalue weighted by Gasteiger charge is 2.43. The van der Waals surface area contributed by atoms with Gasteiger partial charge >= 0.3 is 5.97 Å². The smallest absolute Gasteiger partial charge is 0.306 e. The van der Waals surface area contributed by atoms with Gasteiger partial charge in [-0.25, -0.2) is 0 Å². The van der Waals surface area contributed by atoms with Gasteiger partial charge < -0.3 is 9.47 Å². The van der Waals surface area contributed by atoms with Gasteiger partial charge in [0, 0.05) is 6.42 Å². The van der Waals surface area contributed by atoms with Crippen LogP contribution in [-0.2, 0) is 14.3 Å². The van der Waals surface area contributed by atoms with Gasteiger partial charge in [0.05, 0.1) is 12.2 Å². The largest absolute Gasteiger partial charge is 0.455 e. The van der Waals surface area contributed by atoms with Crippen molar-refractivity contribution in [1.29, 1.82) is 0 Å². The van der Waals surface area contributed by atoms with E-state index in [-0.39, 0.29) is 24.3 Å². The molecule has 3 atom stereocenters. The Kier molecular flexibility index (Phi) is 5.69. The van der Waals surface area contributed by atoms with Crippen LogP contribution in [-0.4, -0.2) is 24.3 Å². The van der Waals surface area contributed by atoms with Gasteiger partial charge in [-0.1, -0.05) is 40.2 Å². The molecule has 98 valence electrons. The first kappa shape index (κ1) is 14.2. The summed E-state index contributed by atoms with van der Waals surface area (Å²) in [6.45, 7) is 10.3. The van der Waals surface area contributed by atoms with Gasteiger partial charge in [-0.2, -0.15) is 0 Å². The van der Waals surface area contributed by atoms with Crippen LogP contribution in [0.5, 0.6) is 0 Å². The fourth-order valence-electron chi connectivity index (χ4n) is 2.14. The van der Waals surface area contributed by atoms with E-state index in [1.54, 1.807) is 0 Å². The normalized spacial score (nSPS) is 31.4. The molecule has 0 bridgehead atoms. The number of esters is 1. The summed E-state index contributed by atoms with van der Waals surface area (Å²) in [6.07, 6.45) is 4.54. The van der Waals surface area contributed by atoms with Crippen molar-refractivity contribution in [3.05, 3.63) is 12.2 Å². The molecular formula is C14H24O3. The highest BCUT2D eigenvalue weighted by Crippen LogP contribution is 2.35. The zero-order valence-electron chi connectivity index (χ0n) is 11.2. The van der Waals surface area contributed by atoms with Crippen molar-refractivity contribution in [3.63, 3.8) is 0 Å². The minimum absolute atomic E-state index is 0.0664. The molecule has 3 nitrogen and oxygen atoms in total. The molecule has 0 aliphatic carbocycles. The molecule has 0 aromatic heterocycles. The highest BCUT2D eigenvalue weighted by atomic mass is 16.6. The maximum absolute atomic E-state index is 11.1. The number of carbonyl (C=O) groups excluding carboxylic acids is 1. The molecule has 2 rings (SSSR count). The Hall–Kier alpha value is -0.830. The lowest BCUT2D eigenvalue weighted by Crippen LogP contribution is -2.33. The molecule has 3 heteroatoms. The molecule has 2 unspecified atom stereocenters. The van der Waals surface area contributed by atoms with Crippen LogP contribution in [0.1, 0.15) is 52.9 Å². The quantitative estimate of drug-likeness (QED) is 0.549. The summed E-state index contributed by atoms with van der Waals surface area (Å²) in [5, 5.41) is 0. The Bertz CT molecular complexity index is 273. The molecule has 0 aromatic rings. The fraction of sp³-hybridized carbons (Fsp3) is 0.786. The summed E-state index contributed by atoms with van der Waals surface area (Å²) < 4.78 is 11.0. The molecule has 2 saturated heterocycles. The van der Waals surface area contributed by atoms with Crippen molar-refractivity contribution in [2.45, 2.75) is 71.2 Å². The number of hydrogen-bond acceptors (Lipinski definition) is 3. The lowest BCUT2D eigenvalue weighted by molar-refractivity contribution is -0.158. The second-order valence-electron chi connectivity index (χ2n) is 4.68. The molecule has 2 aliphatic rings. The van der Waals surface area contributed by atoms with Crippen LogP contribution in [0.3, 0.4) is 0 Å². The molecule has 17 heavy (non-hydrogen) atoms. The van der Waals surface area contributed by atoms with Crippen molar-refractivity contribution >= 4 is 5.97 Å². The van der Waals surface area contributed by atoms with E-state index in [0.29, 0.717) is 6.42 Å². The number of carbonyl (C=O) groups is 1. The number of fused-ring (bicyclic) bond motifs is 1. The van der Waals surface area contributed by atoms with E-state index in [2.05, 4.69) is 27.4 Å². The summed E-state index contributed by atoms with van der Waals surface area (Å²) in [5.41, 5.74) is 0.949. The van der Waals surface area contributed by atoms with Crippen molar-refractivity contribution < 1.29 is 14.3 Å². The molecule has 2 heterocycles. The Morgan fingerprint density at radius 1 is 1.35 bits per heavy atom. The SMILES string of the molecule is C=C1C(CCC)OC2CCC(=O)O[C@@H]12.CCC. The van der Waals surface area contributed by atoms with Crippen molar-refractivity contribution in [2.75, 3.05) is 0 Å². The van der Waals surface area contributed by atoms with E-state index in [1.807, 2.05) is 0 Å². The van der Waals surface area contributed by atoms with E-state index >= 15 is 0 Å². The van der Waals surface area contributed by atoms with Crippen molar-refractivity contribution in [3.8, 4) is 0 Å². The molecular weight excluding hydrogens is 216 g/mol. The number of rotatable bonds is 2. The minimum Gasteiger partial charge on any atom is -0.455 e. The van der Waals surface area contributed by atoms with Crippen LogP contribution < -0.4 is 0 Å². The molecule has 2 fully saturated rings. The first-order chi connectivity index (χ1) is 8.13.